The SMILES string of the molecule is OCc1ccc(Oc2ccccc2C(F)(F)F)cc1. The monoisotopic (exact) mass is 268 g/mol. The van der Waals surface area contributed by atoms with Crippen LogP contribution in [0.15, 0.2) is 48.5 Å². The molecule has 0 aliphatic heterocycles. The zero-order chi connectivity index (χ0) is 13.9. The topological polar surface area (TPSA) is 29.5 Å². The summed E-state index contributed by atoms with van der Waals surface area (Å²) in [4.78, 5) is 0. The van der Waals surface area contributed by atoms with Crippen LogP contribution in [0.25, 0.3) is 0 Å². The number of alkyl halides is 3. The van der Waals surface area contributed by atoms with Crippen molar-refractivity contribution in [1.29, 1.82) is 0 Å². The number of ether oxygens (including phenoxy) is 1. The highest BCUT2D eigenvalue weighted by Gasteiger charge is 2.34. The Kier molecular flexibility index (Phi) is 3.76. The van der Waals surface area contributed by atoms with E-state index in [9.17, 15) is 13.2 Å². The maximum Gasteiger partial charge on any atom is 0.419 e. The van der Waals surface area contributed by atoms with E-state index in [1.165, 1.54) is 30.3 Å². The Morgan fingerprint density at radius 1 is 0.947 bits per heavy atom. The molecule has 0 amide bonds. The van der Waals surface area contributed by atoms with Gasteiger partial charge in [0.2, 0.25) is 0 Å². The zero-order valence-corrected chi connectivity index (χ0v) is 9.82. The summed E-state index contributed by atoms with van der Waals surface area (Å²) in [6, 6.07) is 11.2. The van der Waals surface area contributed by atoms with Crippen LogP contribution in [-0.2, 0) is 12.8 Å². The summed E-state index contributed by atoms with van der Waals surface area (Å²) in [6.07, 6.45) is -4.46. The summed E-state index contributed by atoms with van der Waals surface area (Å²) in [6.45, 7) is -0.126. The third-order valence-electron chi connectivity index (χ3n) is 2.53. The van der Waals surface area contributed by atoms with Crippen LogP contribution in [0.3, 0.4) is 0 Å². The van der Waals surface area contributed by atoms with Gasteiger partial charge in [-0.05, 0) is 29.8 Å². The Labute approximate surface area is 108 Å². The molecule has 2 aromatic rings. The van der Waals surface area contributed by atoms with Crippen LogP contribution in [0.4, 0.5) is 13.2 Å². The van der Waals surface area contributed by atoms with Gasteiger partial charge in [0.05, 0.1) is 12.2 Å². The van der Waals surface area contributed by atoms with E-state index in [1.54, 1.807) is 12.1 Å². The van der Waals surface area contributed by atoms with Gasteiger partial charge in [0.1, 0.15) is 11.5 Å². The van der Waals surface area contributed by atoms with Crippen LogP contribution in [0.5, 0.6) is 11.5 Å². The second-order valence-electron chi connectivity index (χ2n) is 3.90. The molecule has 0 aliphatic carbocycles. The summed E-state index contributed by atoms with van der Waals surface area (Å²) >= 11 is 0. The first-order valence-corrected chi connectivity index (χ1v) is 5.54. The molecule has 0 saturated carbocycles. The first-order chi connectivity index (χ1) is 9.00. The van der Waals surface area contributed by atoms with Crippen molar-refractivity contribution in [1.82, 2.24) is 0 Å². The molecule has 0 heterocycles. The lowest BCUT2D eigenvalue weighted by Crippen LogP contribution is -2.06. The molecule has 100 valence electrons. The summed E-state index contributed by atoms with van der Waals surface area (Å²) in [5, 5.41) is 8.88. The van der Waals surface area contributed by atoms with Crippen LogP contribution in [0.2, 0.25) is 0 Å². The van der Waals surface area contributed by atoms with Crippen molar-refractivity contribution in [3.05, 3.63) is 59.7 Å². The second kappa shape index (κ2) is 5.32. The molecule has 0 aromatic heterocycles. The second-order valence-corrected chi connectivity index (χ2v) is 3.90. The number of aliphatic hydroxyl groups is 1. The number of benzene rings is 2. The van der Waals surface area contributed by atoms with Gasteiger partial charge >= 0.3 is 6.18 Å². The molecule has 0 saturated heterocycles. The highest BCUT2D eigenvalue weighted by Crippen LogP contribution is 2.37. The predicted octanol–water partition coefficient (Wildman–Crippen LogP) is 3.99. The number of hydrogen-bond donors (Lipinski definition) is 1. The molecule has 0 bridgehead atoms. The van der Waals surface area contributed by atoms with Crippen LogP contribution < -0.4 is 4.74 Å². The minimum atomic E-state index is -4.46. The molecule has 0 spiro atoms. The third kappa shape index (κ3) is 3.26. The summed E-state index contributed by atoms with van der Waals surface area (Å²) in [5.41, 5.74) is -0.155. The molecule has 0 fully saturated rings. The molecule has 1 N–H and O–H groups in total. The van der Waals surface area contributed by atoms with Crippen molar-refractivity contribution in [2.45, 2.75) is 12.8 Å². The molecular formula is C14H11F3O2. The van der Waals surface area contributed by atoms with Gasteiger partial charge < -0.3 is 9.84 Å². The van der Waals surface area contributed by atoms with E-state index in [0.29, 0.717) is 5.56 Å². The molecule has 0 aliphatic rings. The Morgan fingerprint density at radius 3 is 2.16 bits per heavy atom. The number of halogens is 3. The molecular weight excluding hydrogens is 257 g/mol. The van der Waals surface area contributed by atoms with Gasteiger partial charge in [-0.2, -0.15) is 13.2 Å². The van der Waals surface area contributed by atoms with Crippen LogP contribution in [0, 0.1) is 0 Å². The Balaban J connectivity index is 2.28. The van der Waals surface area contributed by atoms with E-state index >= 15 is 0 Å². The lowest BCUT2D eigenvalue weighted by molar-refractivity contribution is -0.138. The van der Waals surface area contributed by atoms with Crippen molar-refractivity contribution in [2.24, 2.45) is 0 Å². The van der Waals surface area contributed by atoms with E-state index in [-0.39, 0.29) is 18.1 Å². The van der Waals surface area contributed by atoms with Gasteiger partial charge in [-0.15, -0.1) is 0 Å². The number of aliphatic hydroxyl groups excluding tert-OH is 1. The van der Waals surface area contributed by atoms with Crippen molar-refractivity contribution >= 4 is 0 Å². The fourth-order valence-corrected chi connectivity index (χ4v) is 1.58. The third-order valence-corrected chi connectivity index (χ3v) is 2.53. The molecule has 2 aromatic carbocycles. The number of para-hydroxylation sites is 1. The normalized spacial score (nSPS) is 11.4. The smallest absolute Gasteiger partial charge is 0.419 e. The largest absolute Gasteiger partial charge is 0.457 e. The molecule has 2 nitrogen and oxygen atoms in total. The Hall–Kier alpha value is -2.01. The molecule has 2 rings (SSSR count). The minimum Gasteiger partial charge on any atom is -0.457 e. The summed E-state index contributed by atoms with van der Waals surface area (Å²) in [7, 11) is 0. The fourth-order valence-electron chi connectivity index (χ4n) is 1.58. The molecule has 0 radical (unpaired) electrons. The van der Waals surface area contributed by atoms with Crippen molar-refractivity contribution in [2.75, 3.05) is 0 Å². The standard InChI is InChI=1S/C14H11F3O2/c15-14(16,17)12-3-1-2-4-13(12)19-11-7-5-10(9-18)6-8-11/h1-8,18H,9H2. The fraction of sp³-hybridized carbons (Fsp3) is 0.143. The van der Waals surface area contributed by atoms with Crippen molar-refractivity contribution in [3.8, 4) is 11.5 Å². The average Bonchev–Trinajstić information content (AvgIpc) is 2.39. The van der Waals surface area contributed by atoms with E-state index in [0.717, 1.165) is 6.07 Å². The number of rotatable bonds is 3. The Bertz CT molecular complexity index is 547. The van der Waals surface area contributed by atoms with E-state index in [4.69, 9.17) is 9.84 Å². The van der Waals surface area contributed by atoms with Gasteiger partial charge in [-0.25, -0.2) is 0 Å². The van der Waals surface area contributed by atoms with Crippen LogP contribution in [0.1, 0.15) is 11.1 Å². The van der Waals surface area contributed by atoms with Crippen LogP contribution in [-0.4, -0.2) is 5.11 Å². The highest BCUT2D eigenvalue weighted by molar-refractivity contribution is 5.40. The van der Waals surface area contributed by atoms with Gasteiger partial charge in [-0.3, -0.25) is 0 Å². The first kappa shape index (κ1) is 13.4. The maximum atomic E-state index is 12.8. The summed E-state index contributed by atoms with van der Waals surface area (Å²) < 4.78 is 43.5. The predicted molar refractivity (Wildman–Crippen MR) is 63.9 cm³/mol. The lowest BCUT2D eigenvalue weighted by atomic mass is 10.2. The van der Waals surface area contributed by atoms with Crippen molar-refractivity contribution < 1.29 is 23.0 Å². The van der Waals surface area contributed by atoms with Gasteiger partial charge in [0, 0.05) is 0 Å². The van der Waals surface area contributed by atoms with Gasteiger partial charge in [0.15, 0.2) is 0 Å². The van der Waals surface area contributed by atoms with E-state index < -0.39 is 11.7 Å². The molecule has 5 heteroatoms. The average molecular weight is 268 g/mol. The van der Waals surface area contributed by atoms with Gasteiger partial charge in [-0.1, -0.05) is 24.3 Å². The van der Waals surface area contributed by atoms with E-state index in [1.807, 2.05) is 0 Å². The van der Waals surface area contributed by atoms with Gasteiger partial charge in [0.25, 0.3) is 0 Å². The quantitative estimate of drug-likeness (QED) is 0.912. The lowest BCUT2D eigenvalue weighted by Gasteiger charge is -2.13. The number of hydrogen-bond acceptors (Lipinski definition) is 2. The van der Waals surface area contributed by atoms with E-state index in [2.05, 4.69) is 0 Å². The van der Waals surface area contributed by atoms with Crippen LogP contribution >= 0.6 is 0 Å². The highest BCUT2D eigenvalue weighted by atomic mass is 19.4. The summed E-state index contributed by atoms with van der Waals surface area (Å²) in [5.74, 6) is 0.0423. The molecule has 0 atom stereocenters. The van der Waals surface area contributed by atoms with Crippen molar-refractivity contribution in [3.63, 3.8) is 0 Å². The minimum absolute atomic E-state index is 0.126. The zero-order valence-electron chi connectivity index (χ0n) is 9.82. The Morgan fingerprint density at radius 2 is 1.58 bits per heavy atom. The first-order valence-electron chi connectivity index (χ1n) is 5.54. The molecule has 0 unspecified atom stereocenters. The molecule has 19 heavy (non-hydrogen) atoms. The maximum absolute atomic E-state index is 12.8.